The van der Waals surface area contributed by atoms with Crippen LogP contribution in [0.3, 0.4) is 0 Å². The smallest absolute Gasteiger partial charge is 0.254 e. The quantitative estimate of drug-likeness (QED) is 0.731. The Bertz CT molecular complexity index is 454. The summed E-state index contributed by atoms with van der Waals surface area (Å²) in [6.45, 7) is 5.74. The van der Waals surface area contributed by atoms with Crippen molar-refractivity contribution >= 4 is 5.91 Å². The molecule has 4 heteroatoms. The van der Waals surface area contributed by atoms with Gasteiger partial charge in [-0.2, -0.15) is 0 Å². The number of amides is 1. The lowest BCUT2D eigenvalue weighted by molar-refractivity contribution is 0.0778. The molecule has 0 aliphatic carbocycles. The first kappa shape index (κ1) is 11.8. The normalized spacial score (nSPS) is 18.4. The van der Waals surface area contributed by atoms with E-state index in [1.54, 1.807) is 4.90 Å². The van der Waals surface area contributed by atoms with Crippen LogP contribution in [0.2, 0.25) is 0 Å². The molecule has 0 saturated carbocycles. The molecule has 0 unspecified atom stereocenters. The number of phenols is 2. The maximum Gasteiger partial charge on any atom is 0.254 e. The van der Waals surface area contributed by atoms with Crippen molar-refractivity contribution < 1.29 is 15.0 Å². The molecule has 2 rings (SSSR count). The van der Waals surface area contributed by atoms with Crippen molar-refractivity contribution in [2.75, 3.05) is 13.1 Å². The molecule has 0 atom stereocenters. The van der Waals surface area contributed by atoms with Crippen molar-refractivity contribution in [3.63, 3.8) is 0 Å². The molecule has 92 valence electrons. The highest BCUT2D eigenvalue weighted by Gasteiger charge is 2.32. The minimum atomic E-state index is -0.255. The van der Waals surface area contributed by atoms with Crippen LogP contribution in [0, 0.1) is 5.41 Å². The maximum absolute atomic E-state index is 12.1. The standard InChI is InChI=1S/C13H17NO3/c1-13(2)5-6-14(8-13)12(17)9-3-4-10(15)11(16)7-9/h3-4,7,15-16H,5-6,8H2,1-2H3. The van der Waals surface area contributed by atoms with Gasteiger partial charge in [-0.3, -0.25) is 4.79 Å². The summed E-state index contributed by atoms with van der Waals surface area (Å²) in [6.07, 6.45) is 0.989. The molecule has 17 heavy (non-hydrogen) atoms. The lowest BCUT2D eigenvalue weighted by Gasteiger charge is -2.20. The molecule has 2 N–H and O–H groups in total. The fourth-order valence-corrected chi connectivity index (χ4v) is 2.12. The molecule has 0 bridgehead atoms. The summed E-state index contributed by atoms with van der Waals surface area (Å²) in [4.78, 5) is 13.9. The van der Waals surface area contributed by atoms with Gasteiger partial charge in [0.25, 0.3) is 5.91 Å². The molecule has 1 saturated heterocycles. The average molecular weight is 235 g/mol. The summed E-state index contributed by atoms with van der Waals surface area (Å²) < 4.78 is 0. The number of phenolic OH excluding ortho intramolecular Hbond substituents is 2. The van der Waals surface area contributed by atoms with Crippen molar-refractivity contribution in [2.24, 2.45) is 5.41 Å². The van der Waals surface area contributed by atoms with Gasteiger partial charge < -0.3 is 15.1 Å². The molecule has 1 aromatic carbocycles. The topological polar surface area (TPSA) is 60.8 Å². The van der Waals surface area contributed by atoms with E-state index in [1.165, 1.54) is 18.2 Å². The lowest BCUT2D eigenvalue weighted by Crippen LogP contribution is -2.30. The van der Waals surface area contributed by atoms with Gasteiger partial charge in [0, 0.05) is 18.7 Å². The second kappa shape index (κ2) is 3.95. The predicted octanol–water partition coefficient (Wildman–Crippen LogP) is 1.97. The Morgan fingerprint density at radius 1 is 1.29 bits per heavy atom. The number of carbonyl (C=O) groups is 1. The molecule has 1 heterocycles. The van der Waals surface area contributed by atoms with E-state index < -0.39 is 0 Å². The third-order valence-electron chi connectivity index (χ3n) is 3.19. The molecule has 1 aromatic rings. The summed E-state index contributed by atoms with van der Waals surface area (Å²) in [5, 5.41) is 18.6. The van der Waals surface area contributed by atoms with E-state index in [2.05, 4.69) is 13.8 Å². The van der Waals surface area contributed by atoms with Crippen LogP contribution in [0.25, 0.3) is 0 Å². The third-order valence-corrected chi connectivity index (χ3v) is 3.19. The minimum Gasteiger partial charge on any atom is -0.504 e. The van der Waals surface area contributed by atoms with Gasteiger partial charge in [-0.05, 0) is 30.0 Å². The summed E-state index contributed by atoms with van der Waals surface area (Å²) in [7, 11) is 0. The maximum atomic E-state index is 12.1. The fraction of sp³-hybridized carbons (Fsp3) is 0.462. The predicted molar refractivity (Wildman–Crippen MR) is 64.1 cm³/mol. The first-order valence-corrected chi connectivity index (χ1v) is 5.70. The van der Waals surface area contributed by atoms with E-state index in [4.69, 9.17) is 0 Å². The zero-order valence-electron chi connectivity index (χ0n) is 10.1. The summed E-state index contributed by atoms with van der Waals surface area (Å²) in [6, 6.07) is 4.18. The highest BCUT2D eigenvalue weighted by atomic mass is 16.3. The zero-order chi connectivity index (χ0) is 12.6. The van der Waals surface area contributed by atoms with E-state index in [9.17, 15) is 15.0 Å². The molecule has 1 amide bonds. The Morgan fingerprint density at radius 2 is 2.00 bits per heavy atom. The molecular weight excluding hydrogens is 218 g/mol. The number of nitrogens with zero attached hydrogens (tertiary/aromatic N) is 1. The largest absolute Gasteiger partial charge is 0.504 e. The number of aromatic hydroxyl groups is 2. The van der Waals surface area contributed by atoms with Crippen LogP contribution in [0.15, 0.2) is 18.2 Å². The van der Waals surface area contributed by atoms with Crippen LogP contribution in [-0.4, -0.2) is 34.1 Å². The molecule has 1 fully saturated rings. The Morgan fingerprint density at radius 3 is 2.53 bits per heavy atom. The Hall–Kier alpha value is -1.71. The van der Waals surface area contributed by atoms with Gasteiger partial charge >= 0.3 is 0 Å². The van der Waals surface area contributed by atoms with Gasteiger partial charge in [0.15, 0.2) is 11.5 Å². The SMILES string of the molecule is CC1(C)CCN(C(=O)c2ccc(O)c(O)c2)C1. The van der Waals surface area contributed by atoms with Gasteiger partial charge in [-0.1, -0.05) is 13.8 Å². The van der Waals surface area contributed by atoms with E-state index >= 15 is 0 Å². The number of hydrogen-bond donors (Lipinski definition) is 2. The fourth-order valence-electron chi connectivity index (χ4n) is 2.12. The van der Waals surface area contributed by atoms with Crippen LogP contribution in [0.1, 0.15) is 30.6 Å². The van der Waals surface area contributed by atoms with Crippen molar-refractivity contribution in [3.05, 3.63) is 23.8 Å². The van der Waals surface area contributed by atoms with Gasteiger partial charge in [0.1, 0.15) is 0 Å². The molecule has 0 aromatic heterocycles. The third kappa shape index (κ3) is 2.35. The second-order valence-electron chi connectivity index (χ2n) is 5.34. The number of hydrogen-bond acceptors (Lipinski definition) is 3. The van der Waals surface area contributed by atoms with E-state index in [0.717, 1.165) is 19.5 Å². The van der Waals surface area contributed by atoms with Gasteiger partial charge in [0.05, 0.1) is 0 Å². The first-order valence-electron chi connectivity index (χ1n) is 5.70. The summed E-state index contributed by atoms with van der Waals surface area (Å²) in [5.41, 5.74) is 0.576. The van der Waals surface area contributed by atoms with Crippen LogP contribution < -0.4 is 0 Å². The first-order chi connectivity index (χ1) is 7.89. The van der Waals surface area contributed by atoms with Crippen molar-refractivity contribution in [1.29, 1.82) is 0 Å². The van der Waals surface area contributed by atoms with Gasteiger partial charge in [0.2, 0.25) is 0 Å². The van der Waals surface area contributed by atoms with Crippen molar-refractivity contribution in [2.45, 2.75) is 20.3 Å². The van der Waals surface area contributed by atoms with Gasteiger partial charge in [-0.25, -0.2) is 0 Å². The molecule has 1 aliphatic heterocycles. The van der Waals surface area contributed by atoms with E-state index in [-0.39, 0.29) is 22.8 Å². The monoisotopic (exact) mass is 235 g/mol. The average Bonchev–Trinajstić information content (AvgIpc) is 2.62. The van der Waals surface area contributed by atoms with Crippen LogP contribution in [0.5, 0.6) is 11.5 Å². The zero-order valence-corrected chi connectivity index (χ0v) is 10.1. The highest BCUT2D eigenvalue weighted by molar-refractivity contribution is 5.95. The number of carbonyl (C=O) groups excluding carboxylic acids is 1. The molecule has 0 spiro atoms. The van der Waals surface area contributed by atoms with Gasteiger partial charge in [-0.15, -0.1) is 0 Å². The number of rotatable bonds is 1. The van der Waals surface area contributed by atoms with E-state index in [1.807, 2.05) is 0 Å². The van der Waals surface area contributed by atoms with Crippen LogP contribution in [-0.2, 0) is 0 Å². The Kier molecular flexibility index (Phi) is 2.73. The second-order valence-corrected chi connectivity index (χ2v) is 5.34. The van der Waals surface area contributed by atoms with Crippen LogP contribution in [0.4, 0.5) is 0 Å². The van der Waals surface area contributed by atoms with Crippen molar-refractivity contribution in [3.8, 4) is 11.5 Å². The minimum absolute atomic E-state index is 0.0918. The van der Waals surface area contributed by atoms with Crippen LogP contribution >= 0.6 is 0 Å². The summed E-state index contributed by atoms with van der Waals surface area (Å²) >= 11 is 0. The molecular formula is C13H17NO3. The highest BCUT2D eigenvalue weighted by Crippen LogP contribution is 2.31. The summed E-state index contributed by atoms with van der Waals surface area (Å²) in [5.74, 6) is -0.552. The Labute approximate surface area is 100 Å². The molecule has 0 radical (unpaired) electrons. The lowest BCUT2D eigenvalue weighted by atomic mass is 9.93. The van der Waals surface area contributed by atoms with E-state index in [0.29, 0.717) is 5.56 Å². The Balaban J connectivity index is 2.18. The molecule has 1 aliphatic rings. The molecule has 4 nitrogen and oxygen atoms in total. The number of benzene rings is 1. The van der Waals surface area contributed by atoms with Crippen molar-refractivity contribution in [1.82, 2.24) is 4.90 Å². The number of likely N-dealkylation sites (tertiary alicyclic amines) is 1.